The average molecular weight is 590 g/mol. The summed E-state index contributed by atoms with van der Waals surface area (Å²) >= 11 is 0. The van der Waals surface area contributed by atoms with Crippen LogP contribution < -0.4 is 123 Å². The summed E-state index contributed by atoms with van der Waals surface area (Å²) in [4.78, 5) is 28.6. The fourth-order valence-electron chi connectivity index (χ4n) is 1.03. The molecule has 23 heavy (non-hydrogen) atoms. The van der Waals surface area contributed by atoms with Gasteiger partial charge in [0, 0.05) is 11.1 Å². The molecule has 0 saturated heterocycles. The summed E-state index contributed by atoms with van der Waals surface area (Å²) in [5.41, 5.74) is -1.61. The van der Waals surface area contributed by atoms with Gasteiger partial charge in [-0.25, -0.2) is 0 Å². The van der Waals surface area contributed by atoms with Crippen molar-refractivity contribution in [1.82, 2.24) is 0 Å². The molecule has 1 N–H and O–H groups in total. The van der Waals surface area contributed by atoms with E-state index in [2.05, 4.69) is 0 Å². The van der Waals surface area contributed by atoms with Crippen molar-refractivity contribution in [2.24, 2.45) is 0 Å². The van der Waals surface area contributed by atoms with E-state index in [0.717, 1.165) is 6.07 Å². The van der Waals surface area contributed by atoms with Gasteiger partial charge in [0.25, 0.3) is 10.1 Å². The monoisotopic (exact) mass is 590 g/mol. The van der Waals surface area contributed by atoms with E-state index >= 15 is 0 Å². The summed E-state index contributed by atoms with van der Waals surface area (Å²) in [6, 6.07) is 1.92. The van der Waals surface area contributed by atoms with Crippen LogP contribution in [-0.2, 0) is 10.1 Å². The molecule has 0 unspecified atom stereocenters. The van der Waals surface area contributed by atoms with Gasteiger partial charge in [0.05, 0.1) is 16.8 Å². The molecule has 0 atom stereocenters. The zero-order chi connectivity index (χ0) is 16.1. The molecule has 1 rings (SSSR count). The van der Waals surface area contributed by atoms with Crippen LogP contribution in [0.5, 0.6) is 0 Å². The predicted molar refractivity (Wildman–Crippen MR) is 56.1 cm³/mol. The van der Waals surface area contributed by atoms with Crippen LogP contribution in [0, 0.1) is 0 Å². The summed E-state index contributed by atoms with van der Waals surface area (Å²) in [6.45, 7) is 0. The fraction of sp³-hybridized carbons (Fsp3) is 0. The first-order valence-corrected chi connectivity index (χ1v) is 5.83. The van der Waals surface area contributed by atoms with Crippen LogP contribution in [0.1, 0.15) is 20.7 Å². The largest absolute Gasteiger partial charge is 2.00 e. The zero-order valence-corrected chi connectivity index (χ0v) is 22.7. The molecule has 0 aliphatic heterocycles. The molecule has 0 spiro atoms. The Morgan fingerprint density at radius 1 is 0.870 bits per heavy atom. The van der Waals surface area contributed by atoms with Crippen LogP contribution >= 0.6 is 0 Å². The minimum Gasteiger partial charge on any atom is -0.652 e. The van der Waals surface area contributed by atoms with Crippen molar-refractivity contribution in [2.75, 3.05) is 0 Å². The molecule has 0 aliphatic carbocycles. The van der Waals surface area contributed by atoms with Gasteiger partial charge in [-0.3, -0.25) is 4.55 Å². The van der Waals surface area contributed by atoms with Gasteiger partial charge >= 0.3 is 130 Å². The Labute approximate surface area is 235 Å². The molecule has 10 nitrogen and oxygen atoms in total. The second kappa shape index (κ2) is 14.7. The Bertz CT molecular complexity index is 656. The van der Waals surface area contributed by atoms with Gasteiger partial charge < -0.3 is 34.8 Å². The van der Waals surface area contributed by atoms with Crippen LogP contribution in [0.4, 0.5) is 4.79 Å². The van der Waals surface area contributed by atoms with Gasteiger partial charge in [-0.15, -0.1) is 0 Å². The summed E-state index contributed by atoms with van der Waals surface area (Å²) in [5, 5.41) is 37.7. The summed E-state index contributed by atoms with van der Waals surface area (Å²) in [6.07, 6.45) is -2.33. The molecular formula is C9H4K2O10PbS. The number of hydrogen-bond donors (Lipinski definition) is 1. The van der Waals surface area contributed by atoms with Crippen molar-refractivity contribution in [3.8, 4) is 0 Å². The second-order valence-electron chi connectivity index (χ2n) is 3.01. The maximum Gasteiger partial charge on any atom is 2.00 e. The van der Waals surface area contributed by atoms with E-state index in [4.69, 9.17) is 19.6 Å². The molecule has 112 valence electrons. The molecular weight excluding hydrogens is 586 g/mol. The van der Waals surface area contributed by atoms with Crippen LogP contribution in [0.2, 0.25) is 0 Å². The van der Waals surface area contributed by atoms with Gasteiger partial charge in [-0.1, -0.05) is 6.07 Å². The smallest absolute Gasteiger partial charge is 0.652 e. The number of carboxylic acids is 2. The molecule has 0 bridgehead atoms. The average Bonchev–Trinajstić information content (AvgIpc) is 2.25. The Morgan fingerprint density at radius 3 is 1.48 bits per heavy atom. The quantitative estimate of drug-likeness (QED) is 0.261. The van der Waals surface area contributed by atoms with E-state index < -0.39 is 44.2 Å². The molecule has 0 aromatic heterocycles. The van der Waals surface area contributed by atoms with E-state index in [-0.39, 0.29) is 130 Å². The number of benzene rings is 1. The van der Waals surface area contributed by atoms with E-state index in [1.54, 1.807) is 0 Å². The van der Waals surface area contributed by atoms with Crippen molar-refractivity contribution < 1.29 is 151 Å². The molecule has 0 amide bonds. The van der Waals surface area contributed by atoms with Crippen LogP contribution in [0.3, 0.4) is 0 Å². The van der Waals surface area contributed by atoms with Gasteiger partial charge in [-0.05, 0) is 18.3 Å². The maximum absolute atomic E-state index is 10.7. The van der Waals surface area contributed by atoms with E-state index in [1.165, 1.54) is 0 Å². The Morgan fingerprint density at radius 2 is 1.22 bits per heavy atom. The minimum atomic E-state index is -4.61. The van der Waals surface area contributed by atoms with Crippen molar-refractivity contribution in [3.63, 3.8) is 0 Å². The number of rotatable bonds is 3. The van der Waals surface area contributed by atoms with Crippen LogP contribution in [-0.4, -0.2) is 58.4 Å². The van der Waals surface area contributed by atoms with Gasteiger partial charge in [0.15, 0.2) is 0 Å². The molecule has 0 fully saturated rings. The topological polar surface area (TPSA) is 198 Å². The first-order valence-electron chi connectivity index (χ1n) is 4.39. The van der Waals surface area contributed by atoms with Gasteiger partial charge in [-0.2, -0.15) is 8.42 Å². The summed E-state index contributed by atoms with van der Waals surface area (Å²) in [7, 11) is -4.61. The van der Waals surface area contributed by atoms with E-state index in [0.29, 0.717) is 12.1 Å². The number of carboxylic acid groups (broad SMARTS) is 4. The maximum atomic E-state index is 10.7. The zero-order valence-electron chi connectivity index (χ0n) is 11.8. The van der Waals surface area contributed by atoms with Crippen LogP contribution in [0.25, 0.3) is 0 Å². The normalized spacial score (nSPS) is 8.74. The molecule has 0 saturated carbocycles. The molecule has 0 aliphatic rings. The Balaban J connectivity index is -0.000000232. The second-order valence-corrected chi connectivity index (χ2v) is 4.43. The first kappa shape index (κ1) is 32.2. The van der Waals surface area contributed by atoms with Crippen molar-refractivity contribution >= 4 is 55.5 Å². The number of carbonyl (C=O) groups is 3. The van der Waals surface area contributed by atoms with Gasteiger partial charge in [0.1, 0.15) is 0 Å². The number of aromatic carboxylic acids is 2. The summed E-state index contributed by atoms with van der Waals surface area (Å²) in [5.74, 6) is -3.68. The van der Waals surface area contributed by atoms with Crippen molar-refractivity contribution in [1.29, 1.82) is 0 Å². The molecule has 2 radical (unpaired) electrons. The van der Waals surface area contributed by atoms with E-state index in [1.807, 2.05) is 0 Å². The molecule has 1 aromatic carbocycles. The standard InChI is InChI=1S/C8H6O7S.CH2O3.2K.Pb/c9-7(10)5-2-1-4(16(13,14)15)3-6(5)8(11)12;2-1(3)4;;;/h1-3H,(H,9,10)(H,11,12)(H,13,14,15);(H2,2,3,4);;;/q;;2*+1;+2/p-4. The van der Waals surface area contributed by atoms with Crippen molar-refractivity contribution in [2.45, 2.75) is 4.90 Å². The first-order chi connectivity index (χ1) is 8.96. The van der Waals surface area contributed by atoms with E-state index in [9.17, 15) is 28.2 Å². The summed E-state index contributed by atoms with van der Waals surface area (Å²) < 4.78 is 30.0. The molecule has 1 aromatic rings. The Hall–Kier alpha value is 1.53. The third-order valence-corrected chi connectivity index (χ3v) is 2.58. The molecule has 14 heteroatoms. The molecule has 0 heterocycles. The minimum absolute atomic E-state index is 0. The fourth-order valence-corrected chi connectivity index (χ4v) is 1.54. The third kappa shape index (κ3) is 13.4. The Kier molecular flexibility index (Phi) is 20.6. The van der Waals surface area contributed by atoms with Crippen molar-refractivity contribution in [3.05, 3.63) is 29.3 Å². The third-order valence-electron chi connectivity index (χ3n) is 1.73. The number of carbonyl (C=O) groups excluding carboxylic acids is 3. The number of hydrogen-bond acceptors (Lipinski definition) is 9. The van der Waals surface area contributed by atoms with Gasteiger partial charge in [0.2, 0.25) is 0 Å². The van der Waals surface area contributed by atoms with Crippen LogP contribution in [0.15, 0.2) is 23.1 Å². The SMILES string of the molecule is O=C([O-])[O-].O=C([O-])c1ccc(S(=O)(=O)O)cc1C(=O)[O-].[K+].[K+].[Pb+2]. The predicted octanol–water partition coefficient (Wildman–Crippen LogP) is -11.2.